The number of hydrogen-bond acceptors (Lipinski definition) is 3. The molecule has 0 aliphatic carbocycles. The van der Waals surface area contributed by atoms with Crippen LogP contribution in [-0.4, -0.2) is 9.97 Å². The Bertz CT molecular complexity index is 1100. The van der Waals surface area contributed by atoms with E-state index in [2.05, 4.69) is 25.9 Å². The largest absolute Gasteiger partial charge is 0.424 e. The van der Waals surface area contributed by atoms with Gasteiger partial charge in [-0.25, -0.2) is 0 Å². The molecular weight excluding hydrogens is 435 g/mol. The lowest BCUT2D eigenvalue weighted by atomic mass is 10.1. The van der Waals surface area contributed by atoms with Gasteiger partial charge in [-0.15, -0.1) is 0 Å². The van der Waals surface area contributed by atoms with Crippen LogP contribution in [0.2, 0.25) is 10.0 Å². The van der Waals surface area contributed by atoms with Crippen molar-refractivity contribution in [1.29, 1.82) is 0 Å². The van der Waals surface area contributed by atoms with E-state index in [0.717, 1.165) is 20.9 Å². The Balaban J connectivity index is 1.89. The predicted molar refractivity (Wildman–Crippen MR) is 109 cm³/mol. The van der Waals surface area contributed by atoms with Crippen LogP contribution in [0.25, 0.3) is 22.2 Å². The number of benzene rings is 3. The molecule has 3 aromatic carbocycles. The summed E-state index contributed by atoms with van der Waals surface area (Å²) in [5.41, 5.74) is 2.30. The molecule has 0 saturated heterocycles. The zero-order chi connectivity index (χ0) is 18.1. The molecule has 6 heteroatoms. The summed E-state index contributed by atoms with van der Waals surface area (Å²) in [4.78, 5) is 9.14. The van der Waals surface area contributed by atoms with Crippen LogP contribution in [0, 0.1) is 0 Å². The van der Waals surface area contributed by atoms with Gasteiger partial charge in [0.15, 0.2) is 0 Å². The minimum atomic E-state index is 0.247. The molecule has 26 heavy (non-hydrogen) atoms. The maximum atomic E-state index is 6.40. The number of nitrogens with zero attached hydrogens (tertiary/aromatic N) is 2. The molecule has 4 rings (SSSR count). The minimum Gasteiger partial charge on any atom is -0.424 e. The molecule has 1 heterocycles. The van der Waals surface area contributed by atoms with Crippen LogP contribution in [0.1, 0.15) is 0 Å². The monoisotopic (exact) mass is 444 g/mol. The van der Waals surface area contributed by atoms with Crippen LogP contribution < -0.4 is 4.74 Å². The van der Waals surface area contributed by atoms with Crippen LogP contribution in [0.3, 0.4) is 0 Å². The Morgan fingerprint density at radius 2 is 1.62 bits per heavy atom. The van der Waals surface area contributed by atoms with E-state index in [0.29, 0.717) is 21.5 Å². The molecule has 0 fully saturated rings. The predicted octanol–water partition coefficient (Wildman–Crippen LogP) is 7.16. The summed E-state index contributed by atoms with van der Waals surface area (Å²) in [6, 6.07) is 20.7. The summed E-state index contributed by atoms with van der Waals surface area (Å²) >= 11 is 15.8. The van der Waals surface area contributed by atoms with Gasteiger partial charge in [-0.05, 0) is 48.5 Å². The van der Waals surface area contributed by atoms with Crippen molar-refractivity contribution < 1.29 is 4.74 Å². The van der Waals surface area contributed by atoms with E-state index < -0.39 is 0 Å². The van der Waals surface area contributed by atoms with Crippen molar-refractivity contribution in [2.45, 2.75) is 0 Å². The average Bonchev–Trinajstić information content (AvgIpc) is 2.64. The zero-order valence-corrected chi connectivity index (χ0v) is 16.4. The fourth-order valence-corrected chi connectivity index (χ4v) is 3.30. The number of halogens is 3. The summed E-state index contributed by atoms with van der Waals surface area (Å²) < 4.78 is 6.78. The lowest BCUT2D eigenvalue weighted by Gasteiger charge is -2.11. The van der Waals surface area contributed by atoms with E-state index in [1.165, 1.54) is 0 Å². The SMILES string of the molecule is Clc1ccc(Oc2nc(-c3ccccc3Cl)c3cc(Br)ccc3n2)cc1. The first-order valence-electron chi connectivity index (χ1n) is 7.76. The molecule has 0 aliphatic rings. The van der Waals surface area contributed by atoms with Crippen molar-refractivity contribution >= 4 is 50.0 Å². The van der Waals surface area contributed by atoms with Crippen molar-refractivity contribution in [2.24, 2.45) is 0 Å². The number of fused-ring (bicyclic) bond motifs is 1. The Kier molecular flexibility index (Phi) is 4.81. The third kappa shape index (κ3) is 3.54. The molecule has 1 aromatic heterocycles. The molecule has 0 atom stereocenters. The van der Waals surface area contributed by atoms with Gasteiger partial charge in [0.05, 0.1) is 11.2 Å². The highest BCUT2D eigenvalue weighted by atomic mass is 79.9. The van der Waals surface area contributed by atoms with Gasteiger partial charge >= 0.3 is 6.01 Å². The lowest BCUT2D eigenvalue weighted by Crippen LogP contribution is -1.96. The van der Waals surface area contributed by atoms with E-state index in [9.17, 15) is 0 Å². The molecule has 0 radical (unpaired) electrons. The van der Waals surface area contributed by atoms with E-state index in [4.69, 9.17) is 27.9 Å². The van der Waals surface area contributed by atoms with E-state index >= 15 is 0 Å². The normalized spacial score (nSPS) is 10.9. The second-order valence-electron chi connectivity index (χ2n) is 5.55. The molecule has 0 spiro atoms. The Morgan fingerprint density at radius 3 is 2.38 bits per heavy atom. The van der Waals surface area contributed by atoms with Crippen LogP contribution in [0.4, 0.5) is 0 Å². The molecule has 0 N–H and O–H groups in total. The molecule has 128 valence electrons. The van der Waals surface area contributed by atoms with Gasteiger partial charge in [-0.2, -0.15) is 9.97 Å². The highest BCUT2D eigenvalue weighted by Gasteiger charge is 2.14. The van der Waals surface area contributed by atoms with E-state index in [1.54, 1.807) is 24.3 Å². The van der Waals surface area contributed by atoms with Crippen molar-refractivity contribution in [3.8, 4) is 23.0 Å². The Labute approximate surface area is 168 Å². The average molecular weight is 446 g/mol. The minimum absolute atomic E-state index is 0.247. The lowest BCUT2D eigenvalue weighted by molar-refractivity contribution is 0.445. The number of rotatable bonds is 3. The second kappa shape index (κ2) is 7.23. The first-order valence-corrected chi connectivity index (χ1v) is 9.31. The molecule has 0 unspecified atom stereocenters. The van der Waals surface area contributed by atoms with Gasteiger partial charge in [0.2, 0.25) is 0 Å². The summed E-state index contributed by atoms with van der Waals surface area (Å²) in [6.45, 7) is 0. The van der Waals surface area contributed by atoms with Crippen LogP contribution in [-0.2, 0) is 0 Å². The summed E-state index contributed by atoms with van der Waals surface area (Å²) in [5.74, 6) is 0.607. The summed E-state index contributed by atoms with van der Waals surface area (Å²) in [6.07, 6.45) is 0. The van der Waals surface area contributed by atoms with Crippen molar-refractivity contribution in [3.63, 3.8) is 0 Å². The third-order valence-corrected chi connectivity index (χ3v) is 4.86. The van der Waals surface area contributed by atoms with Gasteiger partial charge < -0.3 is 4.74 Å². The van der Waals surface area contributed by atoms with Gasteiger partial charge in [0.25, 0.3) is 0 Å². The Hall–Kier alpha value is -2.14. The quantitative estimate of drug-likeness (QED) is 0.335. The van der Waals surface area contributed by atoms with Crippen molar-refractivity contribution in [3.05, 3.63) is 81.2 Å². The maximum Gasteiger partial charge on any atom is 0.323 e. The molecule has 4 aromatic rings. The third-order valence-electron chi connectivity index (χ3n) is 3.79. The van der Waals surface area contributed by atoms with Gasteiger partial charge in [0.1, 0.15) is 5.75 Å². The smallest absolute Gasteiger partial charge is 0.323 e. The molecule has 0 bridgehead atoms. The first-order chi connectivity index (χ1) is 12.6. The van der Waals surface area contributed by atoms with Gasteiger partial charge in [-0.3, -0.25) is 0 Å². The number of ether oxygens (including phenoxy) is 1. The van der Waals surface area contributed by atoms with E-state index in [1.807, 2.05) is 42.5 Å². The Morgan fingerprint density at radius 1 is 0.846 bits per heavy atom. The van der Waals surface area contributed by atoms with Gasteiger partial charge in [-0.1, -0.05) is 57.3 Å². The fourth-order valence-electron chi connectivity index (χ4n) is 2.59. The molecule has 0 saturated carbocycles. The van der Waals surface area contributed by atoms with Crippen molar-refractivity contribution in [2.75, 3.05) is 0 Å². The maximum absolute atomic E-state index is 6.40. The summed E-state index contributed by atoms with van der Waals surface area (Å²) in [7, 11) is 0. The standard InChI is InChI=1S/C20H11BrCl2N2O/c21-12-5-10-18-16(11-12)19(15-3-1-2-4-17(15)23)25-20(24-18)26-14-8-6-13(22)7-9-14/h1-11H. The van der Waals surface area contributed by atoms with Gasteiger partial charge in [0, 0.05) is 25.5 Å². The number of hydrogen-bond donors (Lipinski definition) is 0. The number of aromatic nitrogens is 2. The highest BCUT2D eigenvalue weighted by molar-refractivity contribution is 9.10. The van der Waals surface area contributed by atoms with Crippen LogP contribution in [0.15, 0.2) is 71.2 Å². The molecule has 3 nitrogen and oxygen atoms in total. The second-order valence-corrected chi connectivity index (χ2v) is 7.31. The first kappa shape index (κ1) is 17.3. The zero-order valence-electron chi connectivity index (χ0n) is 13.3. The molecule has 0 amide bonds. The topological polar surface area (TPSA) is 35.0 Å². The summed E-state index contributed by atoms with van der Waals surface area (Å²) in [5, 5.41) is 2.14. The fraction of sp³-hybridized carbons (Fsp3) is 0. The van der Waals surface area contributed by atoms with Crippen LogP contribution in [0.5, 0.6) is 11.8 Å². The molecule has 0 aliphatic heterocycles. The van der Waals surface area contributed by atoms with E-state index in [-0.39, 0.29) is 6.01 Å². The van der Waals surface area contributed by atoms with Crippen LogP contribution >= 0.6 is 39.1 Å². The highest BCUT2D eigenvalue weighted by Crippen LogP contribution is 2.34. The molecular formula is C20H11BrCl2N2O. The van der Waals surface area contributed by atoms with Crippen molar-refractivity contribution in [1.82, 2.24) is 9.97 Å².